The van der Waals surface area contributed by atoms with Crippen molar-refractivity contribution in [2.45, 2.75) is 32.4 Å². The summed E-state index contributed by atoms with van der Waals surface area (Å²) in [6, 6.07) is 9.23. The Kier molecular flexibility index (Phi) is 7.63. The van der Waals surface area contributed by atoms with Gasteiger partial charge in [-0.2, -0.15) is 0 Å². The molecule has 0 fully saturated rings. The number of halogens is 1. The van der Waals surface area contributed by atoms with E-state index >= 15 is 0 Å². The lowest BCUT2D eigenvalue weighted by molar-refractivity contribution is -0.116. The summed E-state index contributed by atoms with van der Waals surface area (Å²) < 4.78 is 29.3. The topological polar surface area (TPSA) is 68.8 Å². The molecular weight excluding hydrogens is 363 g/mol. The van der Waals surface area contributed by atoms with E-state index in [2.05, 4.69) is 10.6 Å². The van der Waals surface area contributed by atoms with Crippen LogP contribution in [-0.4, -0.2) is 33.3 Å². The van der Waals surface area contributed by atoms with E-state index in [4.69, 9.17) is 14.2 Å². The maximum atomic E-state index is 13.6. The smallest absolute Gasteiger partial charge is 0.226 e. The largest absolute Gasteiger partial charge is 0.497 e. The molecule has 6 nitrogen and oxygen atoms in total. The van der Waals surface area contributed by atoms with E-state index < -0.39 is 0 Å². The molecule has 1 amide bonds. The highest BCUT2D eigenvalue weighted by Crippen LogP contribution is 2.29. The van der Waals surface area contributed by atoms with Crippen LogP contribution in [-0.2, 0) is 4.79 Å². The molecule has 0 aliphatic rings. The molecule has 0 heterocycles. The van der Waals surface area contributed by atoms with Crippen LogP contribution in [0, 0.1) is 5.82 Å². The third-order valence-corrected chi connectivity index (χ3v) is 4.37. The molecule has 2 N–H and O–H groups in total. The van der Waals surface area contributed by atoms with Gasteiger partial charge in [0.1, 0.15) is 23.1 Å². The summed E-state index contributed by atoms with van der Waals surface area (Å²) in [7, 11) is 4.64. The minimum absolute atomic E-state index is 0.146. The Labute approximate surface area is 165 Å². The molecule has 152 valence electrons. The molecule has 2 atom stereocenters. The van der Waals surface area contributed by atoms with Crippen molar-refractivity contribution in [3.05, 3.63) is 47.8 Å². The SMILES string of the molecule is COc1ccc(NC(=O)CC(C)NC(C)c2cc(F)ccc2OC)c(OC)c1. The lowest BCUT2D eigenvalue weighted by atomic mass is 10.1. The predicted molar refractivity (Wildman–Crippen MR) is 107 cm³/mol. The Morgan fingerprint density at radius 1 is 1.00 bits per heavy atom. The van der Waals surface area contributed by atoms with Crippen molar-refractivity contribution in [2.24, 2.45) is 0 Å². The molecular formula is C21H27FN2O4. The van der Waals surface area contributed by atoms with E-state index in [0.29, 0.717) is 28.5 Å². The number of carbonyl (C=O) groups excluding carboxylic acids is 1. The second-order valence-corrected chi connectivity index (χ2v) is 6.49. The van der Waals surface area contributed by atoms with Crippen LogP contribution in [0.3, 0.4) is 0 Å². The fraction of sp³-hybridized carbons (Fsp3) is 0.381. The fourth-order valence-corrected chi connectivity index (χ4v) is 3.00. The van der Waals surface area contributed by atoms with Crippen molar-refractivity contribution in [1.82, 2.24) is 5.32 Å². The second kappa shape index (κ2) is 9.94. The zero-order valence-electron chi connectivity index (χ0n) is 16.8. The quantitative estimate of drug-likeness (QED) is 0.679. The molecule has 0 aliphatic carbocycles. The third-order valence-electron chi connectivity index (χ3n) is 4.37. The number of benzene rings is 2. The first-order valence-corrected chi connectivity index (χ1v) is 8.99. The number of nitrogens with one attached hydrogen (secondary N) is 2. The van der Waals surface area contributed by atoms with E-state index in [1.807, 2.05) is 13.8 Å². The molecule has 0 bridgehead atoms. The van der Waals surface area contributed by atoms with Crippen LogP contribution < -0.4 is 24.8 Å². The highest BCUT2D eigenvalue weighted by molar-refractivity contribution is 5.92. The molecule has 0 aromatic heterocycles. The van der Waals surface area contributed by atoms with Gasteiger partial charge in [0.25, 0.3) is 0 Å². The Morgan fingerprint density at radius 2 is 1.71 bits per heavy atom. The fourth-order valence-electron chi connectivity index (χ4n) is 3.00. The first-order valence-electron chi connectivity index (χ1n) is 8.99. The van der Waals surface area contributed by atoms with Crippen LogP contribution in [0.5, 0.6) is 17.2 Å². The molecule has 0 saturated heterocycles. The summed E-state index contributed by atoms with van der Waals surface area (Å²) in [6.07, 6.45) is 0.233. The number of rotatable bonds is 9. The minimum Gasteiger partial charge on any atom is -0.497 e. The molecule has 0 aliphatic heterocycles. The summed E-state index contributed by atoms with van der Waals surface area (Å²) >= 11 is 0. The Morgan fingerprint density at radius 3 is 2.36 bits per heavy atom. The van der Waals surface area contributed by atoms with E-state index in [0.717, 1.165) is 0 Å². The Balaban J connectivity index is 1.98. The number of carbonyl (C=O) groups is 1. The van der Waals surface area contributed by atoms with Gasteiger partial charge in [-0.3, -0.25) is 4.79 Å². The van der Waals surface area contributed by atoms with Gasteiger partial charge >= 0.3 is 0 Å². The summed E-state index contributed by atoms with van der Waals surface area (Å²) in [5.41, 5.74) is 1.27. The van der Waals surface area contributed by atoms with Gasteiger partial charge in [0.2, 0.25) is 5.91 Å². The van der Waals surface area contributed by atoms with Crippen molar-refractivity contribution in [3.63, 3.8) is 0 Å². The molecule has 0 radical (unpaired) electrons. The molecule has 2 aromatic rings. The van der Waals surface area contributed by atoms with E-state index in [-0.39, 0.29) is 30.2 Å². The maximum absolute atomic E-state index is 13.6. The molecule has 0 saturated carbocycles. The maximum Gasteiger partial charge on any atom is 0.226 e. The van der Waals surface area contributed by atoms with Crippen LogP contribution in [0.25, 0.3) is 0 Å². The van der Waals surface area contributed by atoms with E-state index in [9.17, 15) is 9.18 Å². The van der Waals surface area contributed by atoms with E-state index in [1.165, 1.54) is 19.2 Å². The monoisotopic (exact) mass is 390 g/mol. The van der Waals surface area contributed by atoms with Crippen molar-refractivity contribution in [1.29, 1.82) is 0 Å². The number of methoxy groups -OCH3 is 3. The minimum atomic E-state index is -0.332. The second-order valence-electron chi connectivity index (χ2n) is 6.49. The zero-order chi connectivity index (χ0) is 20.7. The molecule has 2 unspecified atom stereocenters. The first-order chi connectivity index (χ1) is 13.4. The lowest BCUT2D eigenvalue weighted by Crippen LogP contribution is -2.33. The van der Waals surface area contributed by atoms with Gasteiger partial charge in [-0.05, 0) is 44.2 Å². The molecule has 7 heteroatoms. The Hall–Kier alpha value is -2.80. The van der Waals surface area contributed by atoms with Gasteiger partial charge in [0, 0.05) is 30.1 Å². The van der Waals surface area contributed by atoms with Gasteiger partial charge in [0.15, 0.2) is 0 Å². The van der Waals surface area contributed by atoms with Gasteiger partial charge in [-0.1, -0.05) is 0 Å². The molecule has 2 rings (SSSR count). The van der Waals surface area contributed by atoms with Gasteiger partial charge < -0.3 is 24.8 Å². The van der Waals surface area contributed by atoms with Crippen LogP contribution in [0.15, 0.2) is 36.4 Å². The van der Waals surface area contributed by atoms with Crippen molar-refractivity contribution >= 4 is 11.6 Å². The number of hydrogen-bond donors (Lipinski definition) is 2. The Bertz CT molecular complexity index is 813. The molecule has 0 spiro atoms. The van der Waals surface area contributed by atoms with Crippen LogP contribution >= 0.6 is 0 Å². The normalized spacial score (nSPS) is 12.8. The molecule has 28 heavy (non-hydrogen) atoms. The van der Waals surface area contributed by atoms with Gasteiger partial charge in [-0.15, -0.1) is 0 Å². The van der Waals surface area contributed by atoms with Crippen LogP contribution in [0.4, 0.5) is 10.1 Å². The highest BCUT2D eigenvalue weighted by Gasteiger charge is 2.17. The van der Waals surface area contributed by atoms with Crippen LogP contribution in [0.1, 0.15) is 31.9 Å². The van der Waals surface area contributed by atoms with Gasteiger partial charge in [-0.25, -0.2) is 4.39 Å². The predicted octanol–water partition coefficient (Wildman–Crippen LogP) is 3.92. The number of amides is 1. The number of hydrogen-bond acceptors (Lipinski definition) is 5. The lowest BCUT2D eigenvalue weighted by Gasteiger charge is -2.22. The average Bonchev–Trinajstić information content (AvgIpc) is 2.67. The highest BCUT2D eigenvalue weighted by atomic mass is 19.1. The summed E-state index contributed by atoms with van der Waals surface area (Å²) in [6.45, 7) is 3.80. The summed E-state index contributed by atoms with van der Waals surface area (Å²) in [5, 5.41) is 6.15. The number of anilines is 1. The average molecular weight is 390 g/mol. The standard InChI is InChI=1S/C21H27FN2O4/c1-13(23-14(2)17-11-15(22)6-9-19(17)27-4)10-21(25)24-18-8-7-16(26-3)12-20(18)28-5/h6-9,11-14,23H,10H2,1-5H3,(H,24,25). The van der Waals surface area contributed by atoms with Crippen molar-refractivity contribution in [2.75, 3.05) is 26.6 Å². The first kappa shape index (κ1) is 21.5. The molecule has 2 aromatic carbocycles. The summed E-state index contributed by atoms with van der Waals surface area (Å²) in [5.74, 6) is 1.26. The van der Waals surface area contributed by atoms with Crippen molar-refractivity contribution < 1.29 is 23.4 Å². The number of ether oxygens (including phenoxy) is 3. The van der Waals surface area contributed by atoms with Crippen molar-refractivity contribution in [3.8, 4) is 17.2 Å². The van der Waals surface area contributed by atoms with Gasteiger partial charge in [0.05, 0.1) is 27.0 Å². The zero-order valence-corrected chi connectivity index (χ0v) is 16.8. The van der Waals surface area contributed by atoms with Crippen LogP contribution in [0.2, 0.25) is 0 Å². The van der Waals surface area contributed by atoms with E-state index in [1.54, 1.807) is 38.5 Å². The summed E-state index contributed by atoms with van der Waals surface area (Å²) in [4.78, 5) is 12.4. The third kappa shape index (κ3) is 5.60.